The van der Waals surface area contributed by atoms with E-state index in [1.54, 1.807) is 27.7 Å². The minimum atomic E-state index is -1.08. The van der Waals surface area contributed by atoms with Crippen molar-refractivity contribution in [1.82, 2.24) is 10.6 Å². The maximum atomic E-state index is 11.8. The predicted octanol–water partition coefficient (Wildman–Crippen LogP) is 1.60. The molecule has 0 bridgehead atoms. The monoisotopic (exact) mass is 274 g/mol. The summed E-state index contributed by atoms with van der Waals surface area (Å²) in [5, 5.41) is 14.6. The van der Waals surface area contributed by atoms with Crippen LogP contribution in [0.1, 0.15) is 41.5 Å². The molecule has 0 aliphatic carbocycles. The fraction of sp³-hybridized carbons (Fsp3) is 0.846. The molecule has 0 saturated carbocycles. The van der Waals surface area contributed by atoms with Crippen molar-refractivity contribution in [3.05, 3.63) is 0 Å². The lowest BCUT2D eigenvalue weighted by molar-refractivity contribution is -0.150. The highest BCUT2D eigenvalue weighted by molar-refractivity contribution is 5.79. The normalized spacial score (nSPS) is 13.8. The second-order valence-electron chi connectivity index (χ2n) is 5.71. The molecule has 6 nitrogen and oxygen atoms in total. The second kappa shape index (κ2) is 6.75. The molecule has 19 heavy (non-hydrogen) atoms. The van der Waals surface area contributed by atoms with Gasteiger partial charge in [0.1, 0.15) is 0 Å². The Hall–Kier alpha value is -1.30. The van der Waals surface area contributed by atoms with Crippen molar-refractivity contribution >= 4 is 12.0 Å². The molecule has 0 aliphatic heterocycles. The zero-order valence-electron chi connectivity index (χ0n) is 12.7. The first-order valence-electron chi connectivity index (χ1n) is 6.44. The molecule has 0 aromatic rings. The molecule has 0 aliphatic rings. The van der Waals surface area contributed by atoms with Gasteiger partial charge in [-0.2, -0.15) is 0 Å². The average Bonchev–Trinajstić information content (AvgIpc) is 2.24. The van der Waals surface area contributed by atoms with Gasteiger partial charge < -0.3 is 20.5 Å². The molecule has 0 rings (SSSR count). The molecule has 112 valence electrons. The number of ether oxygens (including phenoxy) is 1. The molecule has 0 saturated heterocycles. The highest BCUT2D eigenvalue weighted by Gasteiger charge is 2.44. The molecule has 0 fully saturated rings. The Morgan fingerprint density at radius 2 is 1.79 bits per heavy atom. The quantitative estimate of drug-likeness (QED) is 0.658. The number of carbonyl (C=O) groups is 2. The standard InChI is InChI=1S/C13H26N2O4/c1-7-19-8-9(2)14-11(18)15-13(5,6)12(3,4)10(16)17/h9H,7-8H2,1-6H3,(H,16,17)(H2,14,15,18). The molecule has 0 radical (unpaired) electrons. The minimum absolute atomic E-state index is 0.135. The van der Waals surface area contributed by atoms with E-state index in [9.17, 15) is 14.7 Å². The van der Waals surface area contributed by atoms with Gasteiger partial charge in [-0.05, 0) is 41.5 Å². The molecule has 1 unspecified atom stereocenters. The van der Waals surface area contributed by atoms with E-state index in [0.717, 1.165) is 0 Å². The van der Waals surface area contributed by atoms with Gasteiger partial charge in [0.25, 0.3) is 0 Å². The van der Waals surface area contributed by atoms with Crippen LogP contribution in [0.2, 0.25) is 0 Å². The Bertz CT molecular complexity index is 327. The third-order valence-corrected chi connectivity index (χ3v) is 3.47. The van der Waals surface area contributed by atoms with Crippen LogP contribution in [-0.4, -0.2) is 41.9 Å². The van der Waals surface area contributed by atoms with Crippen LogP contribution >= 0.6 is 0 Å². The van der Waals surface area contributed by atoms with Crippen molar-refractivity contribution in [1.29, 1.82) is 0 Å². The van der Waals surface area contributed by atoms with E-state index in [1.165, 1.54) is 0 Å². The Kier molecular flexibility index (Phi) is 6.29. The average molecular weight is 274 g/mol. The number of nitrogens with one attached hydrogen (secondary N) is 2. The smallest absolute Gasteiger partial charge is 0.315 e. The molecule has 1 atom stereocenters. The molecular formula is C13H26N2O4. The summed E-state index contributed by atoms with van der Waals surface area (Å²) in [7, 11) is 0. The van der Waals surface area contributed by atoms with Crippen LogP contribution in [-0.2, 0) is 9.53 Å². The number of hydrogen-bond acceptors (Lipinski definition) is 3. The molecule has 0 aromatic carbocycles. The SMILES string of the molecule is CCOCC(C)NC(=O)NC(C)(C)C(C)(C)C(=O)O. The zero-order valence-corrected chi connectivity index (χ0v) is 12.7. The zero-order chi connectivity index (χ0) is 15.3. The van der Waals surface area contributed by atoms with E-state index in [2.05, 4.69) is 10.6 Å². The van der Waals surface area contributed by atoms with Gasteiger partial charge in [-0.15, -0.1) is 0 Å². The summed E-state index contributed by atoms with van der Waals surface area (Å²) in [5.41, 5.74) is -1.96. The lowest BCUT2D eigenvalue weighted by atomic mass is 9.74. The van der Waals surface area contributed by atoms with Gasteiger partial charge in [-0.1, -0.05) is 0 Å². The van der Waals surface area contributed by atoms with Crippen LogP contribution in [0.4, 0.5) is 4.79 Å². The molecule has 6 heteroatoms. The summed E-state index contributed by atoms with van der Waals surface area (Å²) >= 11 is 0. The Balaban J connectivity index is 4.51. The Morgan fingerprint density at radius 1 is 1.26 bits per heavy atom. The van der Waals surface area contributed by atoms with Crippen molar-refractivity contribution < 1.29 is 19.4 Å². The fourth-order valence-corrected chi connectivity index (χ4v) is 1.30. The number of urea groups is 1. The second-order valence-corrected chi connectivity index (χ2v) is 5.71. The lowest BCUT2D eigenvalue weighted by Crippen LogP contribution is -2.60. The van der Waals surface area contributed by atoms with Crippen molar-refractivity contribution in [2.75, 3.05) is 13.2 Å². The van der Waals surface area contributed by atoms with E-state index in [4.69, 9.17) is 4.74 Å². The van der Waals surface area contributed by atoms with E-state index >= 15 is 0 Å². The van der Waals surface area contributed by atoms with Gasteiger partial charge in [0.15, 0.2) is 0 Å². The van der Waals surface area contributed by atoms with Gasteiger partial charge in [0, 0.05) is 6.61 Å². The number of aliphatic carboxylic acids is 1. The first-order valence-corrected chi connectivity index (χ1v) is 6.44. The van der Waals surface area contributed by atoms with Gasteiger partial charge in [-0.3, -0.25) is 4.79 Å². The molecule has 3 N–H and O–H groups in total. The first-order chi connectivity index (χ1) is 8.54. The van der Waals surface area contributed by atoms with Crippen molar-refractivity contribution in [3.63, 3.8) is 0 Å². The Morgan fingerprint density at radius 3 is 2.21 bits per heavy atom. The summed E-state index contributed by atoms with van der Waals surface area (Å²) in [6, 6.07) is -0.532. The van der Waals surface area contributed by atoms with Crippen molar-refractivity contribution in [2.45, 2.75) is 53.1 Å². The number of rotatable bonds is 7. The third kappa shape index (κ3) is 5.06. The van der Waals surface area contributed by atoms with Crippen molar-refractivity contribution in [3.8, 4) is 0 Å². The molecule has 0 heterocycles. The lowest BCUT2D eigenvalue weighted by Gasteiger charge is -2.38. The van der Waals surface area contributed by atoms with E-state index in [-0.39, 0.29) is 6.04 Å². The Labute approximate surface area is 114 Å². The maximum Gasteiger partial charge on any atom is 0.315 e. The number of carboxylic acid groups (broad SMARTS) is 1. The first kappa shape index (κ1) is 17.7. The maximum absolute atomic E-state index is 11.8. The molecule has 0 aromatic heterocycles. The van der Waals surface area contributed by atoms with Gasteiger partial charge in [0.2, 0.25) is 0 Å². The number of carbonyl (C=O) groups excluding carboxylic acids is 1. The van der Waals surface area contributed by atoms with Gasteiger partial charge in [-0.25, -0.2) is 4.79 Å². The van der Waals surface area contributed by atoms with Crippen molar-refractivity contribution in [2.24, 2.45) is 5.41 Å². The van der Waals surface area contributed by atoms with E-state index in [1.807, 2.05) is 13.8 Å². The summed E-state index contributed by atoms with van der Waals surface area (Å²) in [6.07, 6.45) is 0. The van der Waals surface area contributed by atoms with Crippen LogP contribution in [0.3, 0.4) is 0 Å². The van der Waals surface area contributed by atoms with E-state index < -0.39 is 23.0 Å². The minimum Gasteiger partial charge on any atom is -0.481 e. The highest BCUT2D eigenvalue weighted by atomic mass is 16.5. The van der Waals surface area contributed by atoms with Crippen LogP contribution in [0.5, 0.6) is 0 Å². The number of amides is 2. The summed E-state index contributed by atoms with van der Waals surface area (Å²) in [5.74, 6) is -0.958. The van der Waals surface area contributed by atoms with Gasteiger partial charge >= 0.3 is 12.0 Å². The van der Waals surface area contributed by atoms with Crippen LogP contribution in [0.25, 0.3) is 0 Å². The largest absolute Gasteiger partial charge is 0.481 e. The molecule has 0 spiro atoms. The van der Waals surface area contributed by atoms with E-state index in [0.29, 0.717) is 13.2 Å². The third-order valence-electron chi connectivity index (χ3n) is 3.47. The van der Waals surface area contributed by atoms with Crippen LogP contribution < -0.4 is 10.6 Å². The summed E-state index contributed by atoms with van der Waals surface area (Å²) in [6.45, 7) is 11.3. The van der Waals surface area contributed by atoms with Crippen LogP contribution in [0, 0.1) is 5.41 Å². The molecule has 2 amide bonds. The highest BCUT2D eigenvalue weighted by Crippen LogP contribution is 2.30. The summed E-state index contributed by atoms with van der Waals surface area (Å²) in [4.78, 5) is 23.1. The fourth-order valence-electron chi connectivity index (χ4n) is 1.30. The number of carboxylic acids is 1. The van der Waals surface area contributed by atoms with Gasteiger partial charge in [0.05, 0.1) is 23.6 Å². The topological polar surface area (TPSA) is 87.7 Å². The predicted molar refractivity (Wildman–Crippen MR) is 73.1 cm³/mol. The molecular weight excluding hydrogens is 248 g/mol. The van der Waals surface area contributed by atoms with Crippen LogP contribution in [0.15, 0.2) is 0 Å². The summed E-state index contributed by atoms with van der Waals surface area (Å²) < 4.78 is 5.20. The number of hydrogen-bond donors (Lipinski definition) is 3.